The van der Waals surface area contributed by atoms with Gasteiger partial charge in [0, 0.05) is 28.1 Å². The number of benzene rings is 8. The molecule has 8 aromatic carbocycles. The average molecular weight is 860 g/mol. The molecular weight excluding hydrogens is 819 g/mol. The molecule has 0 fully saturated rings. The van der Waals surface area contributed by atoms with E-state index in [0.29, 0.717) is 40.2 Å². The first-order chi connectivity index (χ1) is 32.0. The lowest BCUT2D eigenvalue weighted by Crippen LogP contribution is -2.31. The second-order valence-corrected chi connectivity index (χ2v) is 17.9. The third-order valence-corrected chi connectivity index (χ3v) is 13.8. The second kappa shape index (κ2) is 16.8. The van der Waals surface area contributed by atoms with E-state index in [-0.39, 0.29) is 10.9 Å². The first-order valence-electron chi connectivity index (χ1n) is 21.6. The number of aromatic nitrogens is 3. The van der Waals surface area contributed by atoms with Crippen molar-refractivity contribution in [1.82, 2.24) is 15.0 Å². The monoisotopic (exact) mass is 859 g/mol. The van der Waals surface area contributed by atoms with Gasteiger partial charge in [0.15, 0.2) is 11.6 Å². The van der Waals surface area contributed by atoms with Crippen LogP contribution in [0.2, 0.25) is 0 Å². The minimum absolute atomic E-state index is 0.242. The predicted octanol–water partition coefficient (Wildman–Crippen LogP) is 13.7. The van der Waals surface area contributed by atoms with E-state index in [1.807, 2.05) is 157 Å². The molecule has 2 heterocycles. The van der Waals surface area contributed by atoms with Crippen molar-refractivity contribution < 1.29 is 8.42 Å². The molecule has 2 aliphatic rings. The summed E-state index contributed by atoms with van der Waals surface area (Å²) in [6.07, 6.45) is 4.64. The van der Waals surface area contributed by atoms with Gasteiger partial charge in [-0.2, -0.15) is 9.97 Å². The predicted molar refractivity (Wildman–Crippen MR) is 263 cm³/mol. The van der Waals surface area contributed by atoms with Gasteiger partial charge >= 0.3 is 0 Å². The maximum absolute atomic E-state index is 15.1. The van der Waals surface area contributed by atoms with Crippen molar-refractivity contribution in [3.05, 3.63) is 241 Å². The Bertz CT molecular complexity index is 3070. The number of anilines is 5. The van der Waals surface area contributed by atoms with E-state index in [1.165, 1.54) is 0 Å². The maximum Gasteiger partial charge on any atom is 0.238 e. The summed E-state index contributed by atoms with van der Waals surface area (Å²) in [6, 6.07) is 72.4. The van der Waals surface area contributed by atoms with Crippen molar-refractivity contribution >= 4 is 44.1 Å². The van der Waals surface area contributed by atoms with Crippen LogP contribution in [0.3, 0.4) is 0 Å². The molecule has 0 N–H and O–H groups in total. The molecule has 8 heteroatoms. The van der Waals surface area contributed by atoms with Gasteiger partial charge in [-0.25, -0.2) is 13.4 Å². The van der Waals surface area contributed by atoms with Gasteiger partial charge in [0.1, 0.15) is 0 Å². The first-order valence-corrected chi connectivity index (χ1v) is 23.1. The molecule has 0 radical (unpaired) electrons. The number of nitrogens with zero attached hydrogens (tertiary/aromatic N) is 5. The molecule has 1 aliphatic carbocycles. The Balaban J connectivity index is 1.11. The van der Waals surface area contributed by atoms with Crippen LogP contribution in [0.5, 0.6) is 0 Å². The number of hydrogen-bond acceptors (Lipinski definition) is 7. The first kappa shape index (κ1) is 39.6. The molecule has 1 aliphatic heterocycles. The molecule has 9 aromatic rings. The molecule has 0 saturated heterocycles. The molecule has 0 saturated carbocycles. The Morgan fingerprint density at radius 2 is 0.892 bits per heavy atom. The number of rotatable bonds is 10. The third kappa shape index (κ3) is 7.60. The summed E-state index contributed by atoms with van der Waals surface area (Å²) in [7, 11) is -3.98. The van der Waals surface area contributed by atoms with Crippen LogP contribution < -0.4 is 9.80 Å². The molecule has 65 heavy (non-hydrogen) atoms. The number of fused-ring (bicyclic) bond motifs is 3. The highest BCUT2D eigenvalue weighted by atomic mass is 32.2. The zero-order chi connectivity index (χ0) is 43.7. The van der Waals surface area contributed by atoms with E-state index in [9.17, 15) is 0 Å². The van der Waals surface area contributed by atoms with Gasteiger partial charge in [0.25, 0.3) is 0 Å². The van der Waals surface area contributed by atoms with Crippen molar-refractivity contribution in [3.63, 3.8) is 0 Å². The standard InChI is InChI=1S/C57H41N5O2S/c63-65(64)53-38-48(61(46-27-15-5-16-28-46)47-29-17-6-18-30-47)31-33-51(53)52-34-32-49(39-54(52)65)62(50-36-44(40-19-7-1-8-20-40)35-45(37-50)41-21-9-2-10-22-41)57-59-55(42-23-11-3-12-24-42)58-56(60-57)43-25-13-4-14-26-43/h1-30,32-39,48H,31H2. The summed E-state index contributed by atoms with van der Waals surface area (Å²) in [5.41, 5.74) is 10.4. The molecule has 1 aromatic heterocycles. The smallest absolute Gasteiger partial charge is 0.238 e. The van der Waals surface area contributed by atoms with Crippen LogP contribution in [0.25, 0.3) is 50.6 Å². The SMILES string of the molecule is O=S1(=O)C2=CC(N(c3ccccc3)c3ccccc3)CC=C2c2ccc(N(c3cc(-c4ccccc4)cc(-c4ccccc4)c3)c3nc(-c4ccccc4)nc(-c4ccccc4)n3)cc21. The summed E-state index contributed by atoms with van der Waals surface area (Å²) >= 11 is 0. The van der Waals surface area contributed by atoms with Crippen LogP contribution in [0.4, 0.5) is 28.7 Å². The highest BCUT2D eigenvalue weighted by Crippen LogP contribution is 2.49. The van der Waals surface area contributed by atoms with Crippen molar-refractivity contribution in [3.8, 4) is 45.0 Å². The van der Waals surface area contributed by atoms with Crippen molar-refractivity contribution in [2.75, 3.05) is 9.80 Å². The molecule has 0 amide bonds. The van der Waals surface area contributed by atoms with Crippen LogP contribution in [0.15, 0.2) is 240 Å². The Morgan fingerprint density at radius 3 is 1.38 bits per heavy atom. The van der Waals surface area contributed by atoms with Crippen LogP contribution in [0.1, 0.15) is 12.0 Å². The van der Waals surface area contributed by atoms with Crippen molar-refractivity contribution in [1.29, 1.82) is 0 Å². The Morgan fingerprint density at radius 1 is 0.431 bits per heavy atom. The largest absolute Gasteiger partial charge is 0.334 e. The highest BCUT2D eigenvalue weighted by Gasteiger charge is 2.40. The number of sulfone groups is 1. The highest BCUT2D eigenvalue weighted by molar-refractivity contribution is 7.96. The topological polar surface area (TPSA) is 79.3 Å². The Labute approximate surface area is 378 Å². The number of hydrogen-bond donors (Lipinski definition) is 0. The lowest BCUT2D eigenvalue weighted by molar-refractivity contribution is 0.604. The third-order valence-electron chi connectivity index (χ3n) is 11.9. The van der Waals surface area contributed by atoms with Crippen molar-refractivity contribution in [2.45, 2.75) is 17.4 Å². The molecule has 1 atom stereocenters. The lowest BCUT2D eigenvalue weighted by Gasteiger charge is -2.33. The number of para-hydroxylation sites is 2. The van der Waals surface area contributed by atoms with Gasteiger partial charge in [0.05, 0.1) is 27.2 Å². The van der Waals surface area contributed by atoms with E-state index < -0.39 is 9.84 Å². The zero-order valence-electron chi connectivity index (χ0n) is 35.2. The summed E-state index contributed by atoms with van der Waals surface area (Å²) in [5, 5.41) is 0. The molecule has 0 bridgehead atoms. The van der Waals surface area contributed by atoms with Gasteiger partial charge in [-0.3, -0.25) is 4.90 Å². The van der Waals surface area contributed by atoms with Crippen LogP contribution in [-0.2, 0) is 9.84 Å². The van der Waals surface area contributed by atoms with E-state index in [0.717, 1.165) is 56.0 Å². The quantitative estimate of drug-likeness (QED) is 0.135. The van der Waals surface area contributed by atoms with Gasteiger partial charge in [-0.15, -0.1) is 0 Å². The summed E-state index contributed by atoms with van der Waals surface area (Å²) < 4.78 is 30.2. The van der Waals surface area contributed by atoms with E-state index in [1.54, 1.807) is 6.07 Å². The fourth-order valence-electron chi connectivity index (χ4n) is 8.86. The maximum atomic E-state index is 15.1. The van der Waals surface area contributed by atoms with E-state index in [2.05, 4.69) is 77.7 Å². The van der Waals surface area contributed by atoms with Crippen molar-refractivity contribution in [2.24, 2.45) is 0 Å². The Kier molecular flexibility index (Phi) is 10.3. The van der Waals surface area contributed by atoms with Gasteiger partial charge < -0.3 is 4.90 Å². The van der Waals surface area contributed by atoms with Gasteiger partial charge in [-0.05, 0) is 94.9 Å². The molecule has 7 nitrogen and oxygen atoms in total. The molecule has 0 spiro atoms. The molecule has 11 rings (SSSR count). The van der Waals surface area contributed by atoms with Gasteiger partial charge in [0.2, 0.25) is 15.8 Å². The fraction of sp³-hybridized carbons (Fsp3) is 0.0351. The van der Waals surface area contributed by atoms with Crippen LogP contribution in [-0.4, -0.2) is 29.4 Å². The Hall–Kier alpha value is -8.20. The van der Waals surface area contributed by atoms with Crippen LogP contribution in [0, 0.1) is 0 Å². The van der Waals surface area contributed by atoms with E-state index >= 15 is 8.42 Å². The fourth-order valence-corrected chi connectivity index (χ4v) is 10.7. The minimum Gasteiger partial charge on any atom is -0.334 e. The minimum atomic E-state index is -3.98. The normalized spacial score (nSPS) is 14.7. The van der Waals surface area contributed by atoms with E-state index in [4.69, 9.17) is 15.0 Å². The summed E-state index contributed by atoms with van der Waals surface area (Å²) in [4.78, 5) is 20.2. The number of allylic oxidation sites excluding steroid dienone is 1. The zero-order valence-corrected chi connectivity index (χ0v) is 36.0. The second-order valence-electron chi connectivity index (χ2n) is 16.0. The molecule has 312 valence electrons. The summed E-state index contributed by atoms with van der Waals surface area (Å²) in [6.45, 7) is 0. The van der Waals surface area contributed by atoms with Gasteiger partial charge in [-0.1, -0.05) is 170 Å². The average Bonchev–Trinajstić information content (AvgIpc) is 3.60. The summed E-state index contributed by atoms with van der Waals surface area (Å²) in [5.74, 6) is 1.32. The van der Waals surface area contributed by atoms with Crippen LogP contribution >= 0.6 is 0 Å². The molecule has 1 unspecified atom stereocenters. The molecular formula is C57H41N5O2S. The lowest BCUT2D eigenvalue weighted by atomic mass is 9.95.